The summed E-state index contributed by atoms with van der Waals surface area (Å²) in [4.78, 5) is 37.1. The normalized spacial score (nSPS) is 16.1. The molecule has 1 heterocycles. The molecule has 0 aromatic heterocycles. The van der Waals surface area contributed by atoms with Gasteiger partial charge in [0.2, 0.25) is 6.23 Å². The van der Waals surface area contributed by atoms with E-state index in [1.807, 2.05) is 0 Å². The van der Waals surface area contributed by atoms with Crippen LogP contribution in [-0.2, 0) is 19.1 Å². The molecule has 0 spiro atoms. The van der Waals surface area contributed by atoms with Gasteiger partial charge in [-0.3, -0.25) is 9.59 Å². The van der Waals surface area contributed by atoms with E-state index in [-0.39, 0.29) is 37.2 Å². The van der Waals surface area contributed by atoms with Crippen LogP contribution < -0.4 is 11.1 Å². The minimum Gasteiger partial charge on any atom is -0.437 e. The number of carbonyl (C=O) groups excluding carboxylic acids is 3. The zero-order valence-electron chi connectivity index (χ0n) is 16.1. The first-order valence-corrected chi connectivity index (χ1v) is 9.09. The van der Waals surface area contributed by atoms with Crippen LogP contribution in [0.3, 0.4) is 0 Å². The number of amidine groups is 1. The lowest BCUT2D eigenvalue weighted by Gasteiger charge is -2.33. The molecule has 2 amide bonds. The number of ether oxygens (including phenoxy) is 2. The zero-order valence-corrected chi connectivity index (χ0v) is 16.1. The molecule has 12 nitrogen and oxygen atoms in total. The van der Waals surface area contributed by atoms with Crippen LogP contribution in [0, 0.1) is 0 Å². The van der Waals surface area contributed by atoms with Crippen molar-refractivity contribution in [1.29, 1.82) is 0 Å². The number of nitrogens with zero attached hydrogens (tertiary/aromatic N) is 2. The smallest absolute Gasteiger partial charge is 0.334 e. The average Bonchev–Trinajstić information content (AvgIpc) is 2.77. The van der Waals surface area contributed by atoms with Crippen molar-refractivity contribution in [2.75, 3.05) is 26.5 Å². The molecule has 6 N–H and O–H groups in total. The summed E-state index contributed by atoms with van der Waals surface area (Å²) in [6, 6.07) is 5.73. The van der Waals surface area contributed by atoms with E-state index in [9.17, 15) is 19.5 Å². The zero-order chi connectivity index (χ0) is 22.1. The minimum atomic E-state index is -1.72. The number of amides is 2. The van der Waals surface area contributed by atoms with Gasteiger partial charge < -0.3 is 40.8 Å². The van der Waals surface area contributed by atoms with E-state index in [1.54, 1.807) is 0 Å². The largest absolute Gasteiger partial charge is 0.437 e. The molecule has 1 aromatic rings. The van der Waals surface area contributed by atoms with Crippen LogP contribution >= 0.6 is 0 Å². The van der Waals surface area contributed by atoms with Crippen LogP contribution in [0.5, 0.6) is 0 Å². The molecule has 0 unspecified atom stereocenters. The predicted molar refractivity (Wildman–Crippen MR) is 101 cm³/mol. The van der Waals surface area contributed by atoms with Crippen LogP contribution in [0.15, 0.2) is 29.4 Å². The number of nitrogens with two attached hydrogens (primary N) is 1. The lowest BCUT2D eigenvalue weighted by molar-refractivity contribution is -0.161. The Hall–Kier alpha value is -3.22. The highest BCUT2D eigenvalue weighted by Crippen LogP contribution is 2.15. The summed E-state index contributed by atoms with van der Waals surface area (Å²) in [5, 5.41) is 32.3. The number of aliphatic hydroxyl groups excluding tert-OH is 2. The summed E-state index contributed by atoms with van der Waals surface area (Å²) >= 11 is 0. The van der Waals surface area contributed by atoms with Gasteiger partial charge in [-0.25, -0.2) is 4.79 Å². The van der Waals surface area contributed by atoms with Crippen molar-refractivity contribution >= 4 is 23.6 Å². The van der Waals surface area contributed by atoms with E-state index in [4.69, 9.17) is 20.8 Å². The Morgan fingerprint density at radius 3 is 2.37 bits per heavy atom. The third-order valence-electron chi connectivity index (χ3n) is 4.47. The van der Waals surface area contributed by atoms with E-state index in [2.05, 4.69) is 15.2 Å². The molecular formula is C18H24N4O8. The van der Waals surface area contributed by atoms with Crippen LogP contribution in [0.25, 0.3) is 0 Å². The van der Waals surface area contributed by atoms with Crippen LogP contribution in [-0.4, -0.2) is 82.8 Å². The van der Waals surface area contributed by atoms with E-state index < -0.39 is 30.8 Å². The van der Waals surface area contributed by atoms with Crippen LogP contribution in [0.2, 0.25) is 0 Å². The van der Waals surface area contributed by atoms with Gasteiger partial charge >= 0.3 is 5.97 Å². The summed E-state index contributed by atoms with van der Waals surface area (Å²) in [6.07, 6.45) is -1.11. The molecule has 12 heteroatoms. The number of nitrogens with one attached hydrogen (secondary N) is 1. The van der Waals surface area contributed by atoms with Gasteiger partial charge in [-0.1, -0.05) is 17.3 Å². The van der Waals surface area contributed by atoms with Crippen molar-refractivity contribution in [2.45, 2.75) is 25.2 Å². The van der Waals surface area contributed by atoms with Gasteiger partial charge in [0.25, 0.3) is 11.8 Å². The number of likely N-dealkylation sites (tertiary alicyclic amines) is 1. The number of esters is 1. The Labute approximate surface area is 171 Å². The fourth-order valence-electron chi connectivity index (χ4n) is 2.83. The number of aliphatic hydroxyl groups is 2. The number of oxime groups is 1. The van der Waals surface area contributed by atoms with Crippen LogP contribution in [0.1, 0.15) is 28.8 Å². The molecule has 30 heavy (non-hydrogen) atoms. The summed E-state index contributed by atoms with van der Waals surface area (Å²) in [7, 11) is 0. The summed E-state index contributed by atoms with van der Waals surface area (Å²) < 4.78 is 9.71. The second kappa shape index (κ2) is 11.1. The van der Waals surface area contributed by atoms with Gasteiger partial charge in [-0.2, -0.15) is 0 Å². The fourth-order valence-corrected chi connectivity index (χ4v) is 2.83. The standard InChI is InChI=1S/C18H24N4O8/c19-15(21-28)11-1-3-12(4-2-11)16(25)20-17(26)18(27)22-7-5-13(6-8-22)29-9-14(24)30-10-23/h1-4,13,17,23,26,28H,5-10H2,(H2,19,21)(H,20,25)/t17-/m0/s1. The van der Waals surface area contributed by atoms with Gasteiger partial charge in [0, 0.05) is 24.2 Å². The molecular weight excluding hydrogens is 400 g/mol. The molecule has 0 radical (unpaired) electrons. The molecule has 1 aromatic carbocycles. The molecule has 1 atom stereocenters. The summed E-state index contributed by atoms with van der Waals surface area (Å²) in [5.41, 5.74) is 6.03. The lowest BCUT2D eigenvalue weighted by Crippen LogP contribution is -2.51. The molecule has 164 valence electrons. The molecule has 0 bridgehead atoms. The number of rotatable bonds is 8. The third-order valence-corrected chi connectivity index (χ3v) is 4.47. The van der Waals surface area contributed by atoms with E-state index in [0.717, 1.165) is 0 Å². The van der Waals surface area contributed by atoms with E-state index in [0.29, 0.717) is 18.4 Å². The number of hydrogen-bond donors (Lipinski definition) is 5. The molecule has 1 aliphatic heterocycles. The Morgan fingerprint density at radius 1 is 1.20 bits per heavy atom. The molecule has 2 rings (SSSR count). The van der Waals surface area contributed by atoms with Gasteiger partial charge in [-0.05, 0) is 25.0 Å². The first-order chi connectivity index (χ1) is 14.3. The van der Waals surface area contributed by atoms with Crippen molar-refractivity contribution in [3.05, 3.63) is 35.4 Å². The topological polar surface area (TPSA) is 184 Å². The van der Waals surface area contributed by atoms with Crippen molar-refractivity contribution < 1.29 is 39.3 Å². The highest BCUT2D eigenvalue weighted by molar-refractivity contribution is 6.00. The number of piperidine rings is 1. The lowest BCUT2D eigenvalue weighted by atomic mass is 10.1. The Bertz CT molecular complexity index is 775. The molecule has 0 saturated carbocycles. The van der Waals surface area contributed by atoms with Gasteiger partial charge in [-0.15, -0.1) is 0 Å². The minimum absolute atomic E-state index is 0.116. The van der Waals surface area contributed by atoms with Gasteiger partial charge in [0.05, 0.1) is 6.10 Å². The monoisotopic (exact) mass is 424 g/mol. The third kappa shape index (κ3) is 6.40. The fraction of sp³-hybridized carbons (Fsp3) is 0.444. The van der Waals surface area contributed by atoms with E-state index >= 15 is 0 Å². The molecule has 1 aliphatic rings. The van der Waals surface area contributed by atoms with Crippen molar-refractivity contribution in [3.63, 3.8) is 0 Å². The second-order valence-corrected chi connectivity index (χ2v) is 6.42. The first kappa shape index (κ1) is 23.1. The highest BCUT2D eigenvalue weighted by atomic mass is 16.6. The molecule has 0 aliphatic carbocycles. The van der Waals surface area contributed by atoms with Gasteiger partial charge in [0.15, 0.2) is 12.6 Å². The summed E-state index contributed by atoms with van der Waals surface area (Å²) in [6.45, 7) is -0.458. The number of benzene rings is 1. The van der Waals surface area contributed by atoms with Crippen molar-refractivity contribution in [2.24, 2.45) is 10.9 Å². The quantitative estimate of drug-likeness (QED) is 0.0813. The first-order valence-electron chi connectivity index (χ1n) is 9.09. The van der Waals surface area contributed by atoms with Crippen molar-refractivity contribution in [1.82, 2.24) is 10.2 Å². The summed E-state index contributed by atoms with van der Waals surface area (Å²) in [5.74, 6) is -2.12. The highest BCUT2D eigenvalue weighted by Gasteiger charge is 2.29. The average molecular weight is 424 g/mol. The Morgan fingerprint density at radius 2 is 1.80 bits per heavy atom. The van der Waals surface area contributed by atoms with Crippen LogP contribution in [0.4, 0.5) is 0 Å². The SMILES string of the molecule is NC(=NO)c1ccc(C(=O)N[C@@H](O)C(=O)N2CCC(OCC(=O)OCO)CC2)cc1. The van der Waals surface area contributed by atoms with E-state index in [1.165, 1.54) is 29.2 Å². The second-order valence-electron chi connectivity index (χ2n) is 6.42. The van der Waals surface area contributed by atoms with Crippen molar-refractivity contribution in [3.8, 4) is 0 Å². The maximum Gasteiger partial charge on any atom is 0.334 e. The maximum absolute atomic E-state index is 12.4. The molecule has 1 saturated heterocycles. The maximum atomic E-state index is 12.4. The Kier molecular flexibility index (Phi) is 8.53. The van der Waals surface area contributed by atoms with Gasteiger partial charge in [0.1, 0.15) is 6.61 Å². The molecule has 1 fully saturated rings. The number of hydrogen-bond acceptors (Lipinski definition) is 9. The predicted octanol–water partition coefficient (Wildman–Crippen LogP) is -1.67. The Balaban J connectivity index is 1.80. The number of carbonyl (C=O) groups is 3.